The molecule has 4 aliphatic carbocycles. The van der Waals surface area contributed by atoms with E-state index in [4.69, 9.17) is 51.9 Å². The second-order valence-corrected chi connectivity index (χ2v) is 40.7. The van der Waals surface area contributed by atoms with Crippen LogP contribution >= 0.6 is 0 Å². The van der Waals surface area contributed by atoms with Crippen LogP contribution in [-0.4, -0.2) is 184 Å². The van der Waals surface area contributed by atoms with Crippen LogP contribution in [0.1, 0.15) is 200 Å². The van der Waals surface area contributed by atoms with Gasteiger partial charge in [-0.3, -0.25) is 19.2 Å². The topological polar surface area (TPSA) is 255 Å². The molecule has 0 aromatic heterocycles. The van der Waals surface area contributed by atoms with Gasteiger partial charge >= 0.3 is 39.4 Å². The van der Waals surface area contributed by atoms with Crippen molar-refractivity contribution in [2.75, 3.05) is 113 Å². The van der Waals surface area contributed by atoms with E-state index in [9.17, 15) is 45.9 Å². The van der Waals surface area contributed by atoms with E-state index in [0.717, 1.165) is 77.8 Å². The number of hydrogen-bond acceptors (Lipinski definition) is 17. The Morgan fingerprint density at radius 1 is 0.649 bits per heavy atom. The Labute approximate surface area is 567 Å². The van der Waals surface area contributed by atoms with Crippen molar-refractivity contribution in [1.29, 1.82) is 0 Å². The highest BCUT2D eigenvalue weighted by Gasteiger charge is 2.61. The molecule has 26 heteroatoms. The Morgan fingerprint density at radius 3 is 1.56 bits per heavy atom. The first kappa shape index (κ1) is 91.2. The first-order chi connectivity index (χ1) is 43.4. The molecule has 4 saturated carbocycles. The fourth-order valence-electron chi connectivity index (χ4n) is 11.0. The summed E-state index contributed by atoms with van der Waals surface area (Å²) < 4.78 is 118. The number of ether oxygens (including phenoxy) is 9. The van der Waals surface area contributed by atoms with Crippen molar-refractivity contribution < 1.29 is 103 Å². The summed E-state index contributed by atoms with van der Waals surface area (Å²) in [5.41, 5.74) is -9.87. The average molecular weight is 1410 g/mol. The maximum Gasteiger partial charge on any atom is 0.518 e. The van der Waals surface area contributed by atoms with Gasteiger partial charge in [-0.25, -0.2) is 0 Å². The average Bonchev–Trinajstić information content (AvgIpc) is 0.715. The number of unbranched alkanes of at least 4 members (excludes halogenated alkanes) is 2. The number of alkyl halides is 3. The molecule has 556 valence electrons. The maximum absolute atomic E-state index is 12.7. The van der Waals surface area contributed by atoms with Crippen LogP contribution < -0.4 is 10.0 Å². The Morgan fingerprint density at radius 2 is 1.12 bits per heavy atom. The zero-order valence-electron chi connectivity index (χ0n) is 61.9. The van der Waals surface area contributed by atoms with Crippen molar-refractivity contribution >= 4 is 56.4 Å². The molecule has 0 amide bonds. The minimum absolute atomic E-state index is 0.00605. The smallest absolute Gasteiger partial charge is 0.518 e. The van der Waals surface area contributed by atoms with Gasteiger partial charge < -0.3 is 61.9 Å². The summed E-state index contributed by atoms with van der Waals surface area (Å²) in [6.07, 6.45) is 12.6. The largest absolute Gasteiger partial charge is 0.861 e. The lowest BCUT2D eigenvalue weighted by Crippen LogP contribution is -3.14. The molecule has 5 rings (SSSR count). The summed E-state index contributed by atoms with van der Waals surface area (Å²) in [5.74, 6) is -1.94. The first-order valence-corrected chi connectivity index (χ1v) is 42.7. The van der Waals surface area contributed by atoms with E-state index >= 15 is 0 Å². The highest BCUT2D eigenvalue weighted by molar-refractivity contribution is 7.91. The van der Waals surface area contributed by atoms with Crippen molar-refractivity contribution in [3.05, 3.63) is 0 Å². The van der Waals surface area contributed by atoms with Gasteiger partial charge in [-0.2, -0.15) is 26.0 Å². The monoisotopic (exact) mass is 1410 g/mol. The SMILES string of the molecule is CCC(C)(C)C(=O)O.CCC(C)(C)C(=O)OC12CC3CC(C1)CC(C([O-])=NS(=O)(=O)C(F)(F)F)(C3)C2.CCC(C)(C)C(=O)OCCC[Si](C)(C)O[Si](C)(C)C.CCCCCC(CC)COCCOCCOC(=O)C(C)(C)CC.COCCOCCOCC[NH+]1CCOCC1. The fourth-order valence-corrected chi connectivity index (χ4v) is 19.6. The lowest BCUT2D eigenvalue weighted by molar-refractivity contribution is -0.908. The molecule has 1 aliphatic heterocycles. The molecule has 4 bridgehead atoms. The number of esters is 3. The van der Waals surface area contributed by atoms with Crippen LogP contribution in [0.25, 0.3) is 0 Å². The van der Waals surface area contributed by atoms with Gasteiger partial charge in [0.1, 0.15) is 31.8 Å². The van der Waals surface area contributed by atoms with Crippen LogP contribution in [0.2, 0.25) is 38.8 Å². The number of carbonyl (C=O) groups is 4. The number of hydrogen-bond donors (Lipinski definition) is 2. The third-order valence-electron chi connectivity index (χ3n) is 18.4. The number of aliphatic carboxylic acids is 1. The molecule has 3 atom stereocenters. The van der Waals surface area contributed by atoms with Crippen molar-refractivity contribution in [2.24, 2.45) is 49.2 Å². The van der Waals surface area contributed by atoms with Gasteiger partial charge in [0.2, 0.25) is 0 Å². The Balaban J connectivity index is 0.00000120. The molecule has 1 heterocycles. The molecule has 5 aliphatic rings. The summed E-state index contributed by atoms with van der Waals surface area (Å²) in [6, 6.07) is 1.05. The highest BCUT2D eigenvalue weighted by Crippen LogP contribution is 2.63. The fraction of sp³-hybridized carbons (Fsp3) is 0.926. The zero-order valence-corrected chi connectivity index (χ0v) is 64.8. The summed E-state index contributed by atoms with van der Waals surface area (Å²) >= 11 is 0. The highest BCUT2D eigenvalue weighted by atomic mass is 32.2. The quantitative estimate of drug-likeness (QED) is 0.0145. The predicted molar refractivity (Wildman–Crippen MR) is 365 cm³/mol. The standard InChI is InChI=1S/C19H38O4.C18H26F3NO5S.C14H32O3Si2.C11H23NO4.C6H12O2/c1-6-9-10-11-17(7-2)16-22-13-12-21-14-15-23-18(20)19(4,5)8-3;1-4-15(2,3)14(24)27-17-8-11-5-12(9-17)7-16(6-11,10-17)13(23)22-28(25,26)18(19,20)21;1-9-14(2,3)13(15)16-11-10-12-19(7,8)17-18(4,5)6;1-13-8-9-16-11-10-15-7-4-12-2-5-14-6-3-12;1-4-6(2,3)5(7)8/h17H,6-16H2,1-5H3;11-12H,4-10H2,1-3H3,(H,22,23);9-12H2,1-8H3;2-11H2,1H3;4H2,1-3H3,(H,7,8). The molecule has 0 aromatic carbocycles. The van der Waals surface area contributed by atoms with E-state index in [0.29, 0.717) is 91.1 Å². The normalized spacial score (nSPS) is 20.6. The van der Waals surface area contributed by atoms with Crippen molar-refractivity contribution in [1.82, 2.24) is 0 Å². The van der Waals surface area contributed by atoms with E-state index < -0.39 is 77.3 Å². The van der Waals surface area contributed by atoms with E-state index in [2.05, 4.69) is 51.0 Å². The molecule has 0 spiro atoms. The second-order valence-electron chi connectivity index (χ2n) is 30.0. The number of nitrogens with one attached hydrogen (secondary N) is 1. The predicted octanol–water partition coefficient (Wildman–Crippen LogP) is 12.0. The number of morpholine rings is 1. The number of halogens is 3. The van der Waals surface area contributed by atoms with Crippen molar-refractivity contribution in [2.45, 2.75) is 250 Å². The number of sulfonamides is 1. The van der Waals surface area contributed by atoms with Crippen LogP contribution in [0, 0.1) is 44.8 Å². The second kappa shape index (κ2) is 43.7. The summed E-state index contributed by atoms with van der Waals surface area (Å²) in [6.45, 7) is 49.7. The van der Waals surface area contributed by atoms with Crippen LogP contribution in [0.5, 0.6) is 0 Å². The number of carboxylic acid groups (broad SMARTS) is 1. The van der Waals surface area contributed by atoms with Gasteiger partial charge in [0.25, 0.3) is 0 Å². The van der Waals surface area contributed by atoms with Gasteiger partial charge in [-0.1, -0.05) is 67.2 Å². The number of methoxy groups -OCH3 is 1. The number of nitrogens with zero attached hydrogens (tertiary/aromatic N) is 1. The molecule has 5 fully saturated rings. The van der Waals surface area contributed by atoms with Crippen molar-refractivity contribution in [3.8, 4) is 0 Å². The molecular formula is C68H131F3N2O18SSi2. The molecule has 2 N–H and O–H groups in total. The van der Waals surface area contributed by atoms with E-state index in [-0.39, 0.29) is 48.5 Å². The Hall–Kier alpha value is -2.80. The molecule has 0 aromatic rings. The number of carbonyl (C=O) groups excluding carboxylic acids is 3. The lowest BCUT2D eigenvalue weighted by atomic mass is 9.47. The van der Waals surface area contributed by atoms with Gasteiger partial charge in [-0.15, -0.1) is 0 Å². The summed E-state index contributed by atoms with van der Waals surface area (Å²) in [4.78, 5) is 48.0. The van der Waals surface area contributed by atoms with E-state index in [1.54, 1.807) is 39.7 Å². The van der Waals surface area contributed by atoms with Crippen LogP contribution in [-0.2, 0) is 75.9 Å². The van der Waals surface area contributed by atoms with Crippen LogP contribution in [0.4, 0.5) is 13.2 Å². The third-order valence-corrected chi connectivity index (χ3v) is 25.6. The molecule has 1 saturated heterocycles. The van der Waals surface area contributed by atoms with E-state index in [1.165, 1.54) is 32.1 Å². The van der Waals surface area contributed by atoms with Gasteiger partial charge in [0, 0.05) is 19.1 Å². The van der Waals surface area contributed by atoms with Crippen molar-refractivity contribution in [3.63, 3.8) is 0 Å². The number of carboxylic acids is 1. The first-order valence-electron chi connectivity index (χ1n) is 34.8. The lowest BCUT2D eigenvalue weighted by Gasteiger charge is -2.62. The van der Waals surface area contributed by atoms with Gasteiger partial charge in [0.05, 0.1) is 94.3 Å². The maximum atomic E-state index is 12.7. The molecule has 3 unspecified atom stereocenters. The van der Waals surface area contributed by atoms with Gasteiger partial charge in [-0.05, 0) is 195 Å². The number of rotatable bonds is 39. The number of quaternary nitrogens is 1. The summed E-state index contributed by atoms with van der Waals surface area (Å²) in [5, 5.41) is 21.1. The summed E-state index contributed by atoms with van der Waals surface area (Å²) in [7, 11) is -7.27. The molecule has 94 heavy (non-hydrogen) atoms. The minimum Gasteiger partial charge on any atom is -0.861 e. The van der Waals surface area contributed by atoms with Crippen LogP contribution in [0.3, 0.4) is 0 Å². The Bertz CT molecular complexity index is 2280. The van der Waals surface area contributed by atoms with E-state index in [1.807, 2.05) is 55.4 Å². The Kier molecular flexibility index (Phi) is 42.4. The minimum atomic E-state index is -5.89. The zero-order chi connectivity index (χ0) is 72.3. The third kappa shape index (κ3) is 36.3. The molecule has 0 radical (unpaired) electrons. The van der Waals surface area contributed by atoms with Gasteiger partial charge in [0.15, 0.2) is 16.6 Å². The molecular weight excluding hydrogens is 1280 g/mol. The van der Waals surface area contributed by atoms with Crippen LogP contribution in [0.15, 0.2) is 4.40 Å². The molecule has 20 nitrogen and oxygen atoms in total.